The van der Waals surface area contributed by atoms with Crippen LogP contribution >= 0.6 is 0 Å². The number of hydrogen-bond acceptors (Lipinski definition) is 8. The molecule has 2 aliphatic heterocycles. The smallest absolute Gasteiger partial charge is 0.304 e. The normalized spacial score (nSPS) is 22.9. The molecule has 1 saturated heterocycles. The van der Waals surface area contributed by atoms with Crippen molar-refractivity contribution in [2.45, 2.75) is 38.1 Å². The van der Waals surface area contributed by atoms with E-state index in [0.717, 1.165) is 0 Å². The summed E-state index contributed by atoms with van der Waals surface area (Å²) < 4.78 is 29.3. The fourth-order valence-corrected chi connectivity index (χ4v) is 4.72. The van der Waals surface area contributed by atoms with Crippen LogP contribution in [-0.4, -0.2) is 37.2 Å². The number of hydrogen-bond donors (Lipinski definition) is 0. The van der Waals surface area contributed by atoms with Crippen molar-refractivity contribution in [1.82, 2.24) is 0 Å². The second-order valence-corrected chi connectivity index (χ2v) is 8.58. The highest BCUT2D eigenvalue weighted by molar-refractivity contribution is 6.04. The molecule has 0 N–H and O–H groups in total. The number of ether oxygens (including phenoxy) is 4. The van der Waals surface area contributed by atoms with Crippen LogP contribution in [-0.2, 0) is 24.7 Å². The van der Waals surface area contributed by atoms with Crippen molar-refractivity contribution in [2.24, 2.45) is 0 Å². The van der Waals surface area contributed by atoms with E-state index in [4.69, 9.17) is 23.4 Å². The van der Waals surface area contributed by atoms with Gasteiger partial charge in [0, 0.05) is 24.6 Å². The van der Waals surface area contributed by atoms with Gasteiger partial charge in [-0.2, -0.15) is 0 Å². The first kappa shape index (κ1) is 21.2. The number of carbonyl (C=O) groups excluding carboxylic acids is 2. The summed E-state index contributed by atoms with van der Waals surface area (Å²) >= 11 is 0. The van der Waals surface area contributed by atoms with Crippen molar-refractivity contribution in [3.8, 4) is 22.8 Å². The minimum atomic E-state index is -1.83. The van der Waals surface area contributed by atoms with Gasteiger partial charge in [0.05, 0.1) is 12.7 Å². The van der Waals surface area contributed by atoms with Crippen molar-refractivity contribution in [2.75, 3.05) is 13.7 Å². The Morgan fingerprint density at radius 3 is 2.52 bits per heavy atom. The minimum Gasteiger partial charge on any atom is -0.496 e. The zero-order valence-electron chi connectivity index (χ0n) is 18.6. The molecule has 8 heteroatoms. The largest absolute Gasteiger partial charge is 0.496 e. The lowest BCUT2D eigenvalue weighted by Crippen LogP contribution is -2.51. The Morgan fingerprint density at radius 2 is 1.85 bits per heavy atom. The molecule has 170 valence electrons. The van der Waals surface area contributed by atoms with Gasteiger partial charge in [0.15, 0.2) is 11.0 Å². The fourth-order valence-electron chi connectivity index (χ4n) is 4.72. The molecule has 33 heavy (non-hydrogen) atoms. The van der Waals surface area contributed by atoms with Gasteiger partial charge >= 0.3 is 5.97 Å². The van der Waals surface area contributed by atoms with Crippen LogP contribution in [0.1, 0.15) is 26.3 Å². The van der Waals surface area contributed by atoms with Crippen LogP contribution in [0.15, 0.2) is 51.7 Å². The summed E-state index contributed by atoms with van der Waals surface area (Å²) in [4.78, 5) is 39.2. The molecule has 0 amide bonds. The Kier molecular flexibility index (Phi) is 4.61. The number of methoxy groups -OCH3 is 1. The van der Waals surface area contributed by atoms with Crippen molar-refractivity contribution in [3.63, 3.8) is 0 Å². The van der Waals surface area contributed by atoms with Gasteiger partial charge in [0.1, 0.15) is 41.0 Å². The predicted molar refractivity (Wildman–Crippen MR) is 117 cm³/mol. The Bertz CT molecular complexity index is 1350. The molecule has 2 atom stereocenters. The van der Waals surface area contributed by atoms with E-state index in [2.05, 4.69) is 0 Å². The molecule has 0 spiro atoms. The molecule has 8 nitrogen and oxygen atoms in total. The van der Waals surface area contributed by atoms with E-state index in [9.17, 15) is 14.4 Å². The monoisotopic (exact) mass is 450 g/mol. The standard InChI is InChI=1S/C25H22O8/c1-13(26)32-25-19(33-24(2,3)23(25)28)12-30-18-11-17(29-4)20-15(27)10-16(31-22(20)21(18)25)14-8-6-5-7-9-14/h5-11,19H,12H2,1-4H3/t19-,25-/m1/s1. The fraction of sp³-hybridized carbons (Fsp3) is 0.320. The Morgan fingerprint density at radius 1 is 1.12 bits per heavy atom. The Labute approximate surface area is 189 Å². The third-order valence-corrected chi connectivity index (χ3v) is 6.05. The lowest BCUT2D eigenvalue weighted by Gasteiger charge is -2.37. The molecule has 0 radical (unpaired) electrons. The molecule has 2 aliphatic rings. The third-order valence-electron chi connectivity index (χ3n) is 6.05. The first-order chi connectivity index (χ1) is 15.7. The summed E-state index contributed by atoms with van der Waals surface area (Å²) in [5.74, 6) is -0.402. The number of carbonyl (C=O) groups is 2. The van der Waals surface area contributed by atoms with Gasteiger partial charge in [-0.1, -0.05) is 30.3 Å². The van der Waals surface area contributed by atoms with Crippen LogP contribution in [0.25, 0.3) is 22.3 Å². The number of fused-ring (bicyclic) bond motifs is 5. The van der Waals surface area contributed by atoms with Gasteiger partial charge in [-0.3, -0.25) is 14.4 Å². The molecule has 0 saturated carbocycles. The van der Waals surface area contributed by atoms with E-state index in [0.29, 0.717) is 5.56 Å². The first-order valence-electron chi connectivity index (χ1n) is 10.5. The summed E-state index contributed by atoms with van der Waals surface area (Å²) in [6.07, 6.45) is -0.918. The van der Waals surface area contributed by atoms with Crippen LogP contribution in [0.4, 0.5) is 0 Å². The summed E-state index contributed by atoms with van der Waals surface area (Å²) in [6.45, 7) is 4.40. The van der Waals surface area contributed by atoms with E-state index >= 15 is 0 Å². The van der Waals surface area contributed by atoms with Gasteiger partial charge in [0.25, 0.3) is 0 Å². The topological polar surface area (TPSA) is 101 Å². The average Bonchev–Trinajstić information content (AvgIpc) is 2.98. The van der Waals surface area contributed by atoms with Crippen LogP contribution in [0.3, 0.4) is 0 Å². The molecule has 1 fully saturated rings. The van der Waals surface area contributed by atoms with E-state index in [-0.39, 0.29) is 45.8 Å². The molecule has 3 heterocycles. The molecular formula is C25H22O8. The number of esters is 1. The van der Waals surface area contributed by atoms with Gasteiger partial charge in [-0.15, -0.1) is 0 Å². The second-order valence-electron chi connectivity index (χ2n) is 8.58. The van der Waals surface area contributed by atoms with E-state index in [1.54, 1.807) is 26.0 Å². The molecule has 3 aromatic rings. The highest BCUT2D eigenvalue weighted by Gasteiger charge is 2.67. The lowest BCUT2D eigenvalue weighted by molar-refractivity contribution is -0.174. The van der Waals surface area contributed by atoms with E-state index in [1.807, 2.05) is 18.2 Å². The molecule has 0 bridgehead atoms. The van der Waals surface area contributed by atoms with Crippen LogP contribution < -0.4 is 14.9 Å². The molecule has 5 rings (SSSR count). The minimum absolute atomic E-state index is 0.0350. The number of rotatable bonds is 3. The molecule has 1 aromatic heterocycles. The average molecular weight is 450 g/mol. The van der Waals surface area contributed by atoms with Gasteiger partial charge < -0.3 is 23.4 Å². The van der Waals surface area contributed by atoms with Crippen molar-refractivity contribution in [3.05, 3.63) is 58.3 Å². The number of Topliss-reactive ketones (excluding diaryl/α,β-unsaturated/α-hetero) is 1. The molecular weight excluding hydrogens is 428 g/mol. The maximum Gasteiger partial charge on any atom is 0.304 e. The first-order valence-corrected chi connectivity index (χ1v) is 10.5. The number of ketones is 1. The summed E-state index contributed by atoms with van der Waals surface area (Å²) in [7, 11) is 1.42. The van der Waals surface area contributed by atoms with Gasteiger partial charge in [-0.05, 0) is 13.8 Å². The predicted octanol–water partition coefficient (Wildman–Crippen LogP) is 3.37. The highest BCUT2D eigenvalue weighted by Crippen LogP contribution is 2.53. The lowest BCUT2D eigenvalue weighted by atomic mass is 9.79. The molecule has 0 aliphatic carbocycles. The Hall–Kier alpha value is -3.65. The van der Waals surface area contributed by atoms with Crippen LogP contribution in [0.2, 0.25) is 0 Å². The maximum absolute atomic E-state index is 13.7. The van der Waals surface area contributed by atoms with Crippen molar-refractivity contribution in [1.29, 1.82) is 0 Å². The summed E-state index contributed by atoms with van der Waals surface area (Å²) in [5.41, 5.74) is -2.60. The molecule has 0 unspecified atom stereocenters. The Balaban J connectivity index is 1.92. The van der Waals surface area contributed by atoms with Crippen molar-refractivity contribution < 1.29 is 33.0 Å². The van der Waals surface area contributed by atoms with Crippen LogP contribution in [0, 0.1) is 0 Å². The second kappa shape index (κ2) is 7.18. The summed E-state index contributed by atoms with van der Waals surface area (Å²) in [6, 6.07) is 11.9. The number of benzene rings is 2. The van der Waals surface area contributed by atoms with Crippen LogP contribution in [0.5, 0.6) is 11.5 Å². The zero-order valence-corrected chi connectivity index (χ0v) is 18.6. The summed E-state index contributed by atoms with van der Waals surface area (Å²) in [5, 5.41) is 0.115. The third kappa shape index (κ3) is 2.97. The zero-order chi connectivity index (χ0) is 23.5. The SMILES string of the molecule is COc1cc2c(c3oc(-c4ccccc4)cc(=O)c13)[C@@]1(OC(C)=O)C(=O)C(C)(C)O[C@@H]1CO2. The van der Waals surface area contributed by atoms with E-state index < -0.39 is 29.1 Å². The molecule has 2 aromatic carbocycles. The van der Waals surface area contributed by atoms with Gasteiger partial charge in [0.2, 0.25) is 11.4 Å². The van der Waals surface area contributed by atoms with E-state index in [1.165, 1.54) is 26.2 Å². The maximum atomic E-state index is 13.7. The van der Waals surface area contributed by atoms with Gasteiger partial charge in [-0.25, -0.2) is 0 Å². The van der Waals surface area contributed by atoms with Crippen molar-refractivity contribution >= 4 is 22.7 Å². The quantitative estimate of drug-likeness (QED) is 0.560. The highest BCUT2D eigenvalue weighted by atomic mass is 16.6.